The number of hydrogen-bond donors (Lipinski definition) is 2. The van der Waals surface area contributed by atoms with E-state index in [0.717, 1.165) is 24.0 Å². The molecule has 1 saturated heterocycles. The lowest BCUT2D eigenvalue weighted by Crippen LogP contribution is -2.50. The van der Waals surface area contributed by atoms with Crippen LogP contribution in [0.15, 0.2) is 17.0 Å². The predicted molar refractivity (Wildman–Crippen MR) is 81.1 cm³/mol. The predicted octanol–water partition coefficient (Wildman–Crippen LogP) is 0.914. The molecule has 116 valence electrons. The van der Waals surface area contributed by atoms with Crippen LogP contribution < -0.4 is 11.5 Å². The summed E-state index contributed by atoms with van der Waals surface area (Å²) in [5, 5.41) is 0. The van der Waals surface area contributed by atoms with E-state index >= 15 is 0 Å². The number of benzene rings is 1. The van der Waals surface area contributed by atoms with Crippen molar-refractivity contribution in [3.63, 3.8) is 0 Å². The molecule has 1 aromatic carbocycles. The van der Waals surface area contributed by atoms with Gasteiger partial charge in [-0.25, -0.2) is 8.42 Å². The Hall–Kier alpha value is -1.60. The molecule has 1 amide bonds. The number of nitrogens with two attached hydrogens (primary N) is 2. The van der Waals surface area contributed by atoms with Crippen LogP contribution in [-0.4, -0.2) is 31.2 Å². The molecule has 1 unspecified atom stereocenters. The molecule has 7 heteroatoms. The number of piperidine rings is 1. The summed E-state index contributed by atoms with van der Waals surface area (Å²) < 4.78 is 26.8. The van der Waals surface area contributed by atoms with E-state index in [4.69, 9.17) is 11.5 Å². The first-order valence-corrected chi connectivity index (χ1v) is 8.37. The van der Waals surface area contributed by atoms with E-state index in [-0.39, 0.29) is 4.90 Å². The topological polar surface area (TPSA) is 106 Å². The fourth-order valence-electron chi connectivity index (χ4n) is 2.61. The van der Waals surface area contributed by atoms with Crippen molar-refractivity contribution in [2.75, 3.05) is 12.3 Å². The van der Waals surface area contributed by atoms with Gasteiger partial charge in [0.05, 0.1) is 4.90 Å². The van der Waals surface area contributed by atoms with Crippen LogP contribution in [0.1, 0.15) is 30.4 Å². The molecule has 4 N–H and O–H groups in total. The largest absolute Gasteiger partial charge is 0.398 e. The van der Waals surface area contributed by atoms with Crippen LogP contribution in [0.2, 0.25) is 0 Å². The van der Waals surface area contributed by atoms with Crippen LogP contribution in [0.5, 0.6) is 0 Å². The number of nitrogen functional groups attached to an aromatic ring is 1. The highest BCUT2D eigenvalue weighted by atomic mass is 32.2. The first kappa shape index (κ1) is 15.8. The molecule has 1 fully saturated rings. The highest BCUT2D eigenvalue weighted by molar-refractivity contribution is 7.89. The van der Waals surface area contributed by atoms with Crippen LogP contribution >= 0.6 is 0 Å². The van der Waals surface area contributed by atoms with E-state index in [1.807, 2.05) is 13.8 Å². The number of amides is 1. The number of nitrogens with zero attached hydrogens (tertiary/aromatic N) is 1. The average molecular weight is 311 g/mol. The van der Waals surface area contributed by atoms with Gasteiger partial charge in [0.1, 0.15) is 6.04 Å². The number of sulfonamides is 1. The van der Waals surface area contributed by atoms with Crippen molar-refractivity contribution in [1.82, 2.24) is 4.31 Å². The van der Waals surface area contributed by atoms with Gasteiger partial charge >= 0.3 is 0 Å². The number of anilines is 1. The molecule has 1 aliphatic heterocycles. The molecule has 2 rings (SSSR count). The zero-order valence-electron chi connectivity index (χ0n) is 12.3. The molecular weight excluding hydrogens is 290 g/mol. The van der Waals surface area contributed by atoms with E-state index in [2.05, 4.69) is 0 Å². The Morgan fingerprint density at radius 2 is 1.95 bits per heavy atom. The molecule has 1 aliphatic rings. The summed E-state index contributed by atoms with van der Waals surface area (Å²) in [4.78, 5) is 11.6. The van der Waals surface area contributed by atoms with Gasteiger partial charge in [-0.15, -0.1) is 0 Å². The van der Waals surface area contributed by atoms with Gasteiger partial charge in [-0.05, 0) is 49.9 Å². The van der Waals surface area contributed by atoms with Gasteiger partial charge in [-0.2, -0.15) is 4.31 Å². The SMILES string of the molecule is Cc1cc(S(=O)(=O)N2CCCCC2C(N)=O)cc(N)c1C. The highest BCUT2D eigenvalue weighted by Gasteiger charge is 2.36. The maximum absolute atomic E-state index is 12.8. The lowest BCUT2D eigenvalue weighted by Gasteiger charge is -2.32. The number of rotatable bonds is 3. The quantitative estimate of drug-likeness (QED) is 0.809. The normalized spacial score (nSPS) is 20.4. The summed E-state index contributed by atoms with van der Waals surface area (Å²) >= 11 is 0. The molecule has 0 aliphatic carbocycles. The van der Waals surface area contributed by atoms with E-state index in [1.165, 1.54) is 10.4 Å². The molecule has 21 heavy (non-hydrogen) atoms. The standard InChI is InChI=1S/C14H21N3O3S/c1-9-7-11(8-12(15)10(9)2)21(19,20)17-6-4-3-5-13(17)14(16)18/h7-8,13H,3-6,15H2,1-2H3,(H2,16,18). The molecule has 0 saturated carbocycles. The minimum atomic E-state index is -3.77. The van der Waals surface area contributed by atoms with Crippen molar-refractivity contribution in [3.05, 3.63) is 23.3 Å². The Morgan fingerprint density at radius 1 is 1.29 bits per heavy atom. The molecule has 1 aromatic rings. The minimum absolute atomic E-state index is 0.122. The van der Waals surface area contributed by atoms with Gasteiger partial charge in [-0.3, -0.25) is 4.79 Å². The maximum Gasteiger partial charge on any atom is 0.243 e. The summed E-state index contributed by atoms with van der Waals surface area (Å²) in [7, 11) is -3.77. The van der Waals surface area contributed by atoms with E-state index in [9.17, 15) is 13.2 Å². The number of carbonyl (C=O) groups excluding carboxylic acids is 1. The van der Waals surface area contributed by atoms with Crippen LogP contribution in [0.4, 0.5) is 5.69 Å². The minimum Gasteiger partial charge on any atom is -0.398 e. The fraction of sp³-hybridized carbons (Fsp3) is 0.500. The monoisotopic (exact) mass is 311 g/mol. The van der Waals surface area contributed by atoms with E-state index in [1.54, 1.807) is 6.07 Å². The lowest BCUT2D eigenvalue weighted by molar-refractivity contribution is -0.122. The van der Waals surface area contributed by atoms with Gasteiger partial charge in [0, 0.05) is 12.2 Å². The third-order valence-electron chi connectivity index (χ3n) is 4.07. The van der Waals surface area contributed by atoms with Crippen molar-refractivity contribution >= 4 is 21.6 Å². The third kappa shape index (κ3) is 2.89. The van der Waals surface area contributed by atoms with Gasteiger partial charge in [0.25, 0.3) is 0 Å². The van der Waals surface area contributed by atoms with Crippen LogP contribution in [0.25, 0.3) is 0 Å². The summed E-state index contributed by atoms with van der Waals surface area (Å²) in [6, 6.07) is 2.27. The molecular formula is C14H21N3O3S. The Morgan fingerprint density at radius 3 is 2.52 bits per heavy atom. The number of carbonyl (C=O) groups is 1. The summed E-state index contributed by atoms with van der Waals surface area (Å²) in [6.07, 6.45) is 1.99. The van der Waals surface area contributed by atoms with Crippen molar-refractivity contribution in [1.29, 1.82) is 0 Å². The van der Waals surface area contributed by atoms with Crippen molar-refractivity contribution in [2.45, 2.75) is 44.0 Å². The summed E-state index contributed by atoms with van der Waals surface area (Å²) in [5.74, 6) is -0.602. The number of primary amides is 1. The van der Waals surface area contributed by atoms with E-state index in [0.29, 0.717) is 18.7 Å². The molecule has 1 heterocycles. The molecule has 0 aromatic heterocycles. The molecule has 0 bridgehead atoms. The van der Waals surface area contributed by atoms with Crippen molar-refractivity contribution in [3.8, 4) is 0 Å². The smallest absolute Gasteiger partial charge is 0.243 e. The first-order chi connectivity index (χ1) is 9.75. The Labute approximate surface area is 125 Å². The molecule has 1 atom stereocenters. The number of aryl methyl sites for hydroxylation is 1. The average Bonchev–Trinajstić information content (AvgIpc) is 2.44. The Bertz CT molecular complexity index is 647. The van der Waals surface area contributed by atoms with Gasteiger partial charge in [0.2, 0.25) is 15.9 Å². The molecule has 6 nitrogen and oxygen atoms in total. The molecule has 0 spiro atoms. The fourth-order valence-corrected chi connectivity index (χ4v) is 4.40. The Balaban J connectivity index is 2.48. The third-order valence-corrected chi connectivity index (χ3v) is 5.96. The van der Waals surface area contributed by atoms with Gasteiger partial charge in [0.15, 0.2) is 0 Å². The maximum atomic E-state index is 12.8. The zero-order chi connectivity index (χ0) is 15.8. The summed E-state index contributed by atoms with van der Waals surface area (Å²) in [6.45, 7) is 3.96. The van der Waals surface area contributed by atoms with Crippen LogP contribution in [-0.2, 0) is 14.8 Å². The second-order valence-electron chi connectivity index (χ2n) is 5.48. The zero-order valence-corrected chi connectivity index (χ0v) is 13.1. The second kappa shape index (κ2) is 5.65. The number of hydrogen-bond acceptors (Lipinski definition) is 4. The first-order valence-electron chi connectivity index (χ1n) is 6.93. The second-order valence-corrected chi connectivity index (χ2v) is 7.37. The van der Waals surface area contributed by atoms with Gasteiger partial charge < -0.3 is 11.5 Å². The van der Waals surface area contributed by atoms with E-state index < -0.39 is 22.0 Å². The lowest BCUT2D eigenvalue weighted by atomic mass is 10.0. The Kier molecular flexibility index (Phi) is 4.25. The van der Waals surface area contributed by atoms with Crippen LogP contribution in [0, 0.1) is 13.8 Å². The highest BCUT2D eigenvalue weighted by Crippen LogP contribution is 2.28. The van der Waals surface area contributed by atoms with Crippen molar-refractivity contribution < 1.29 is 13.2 Å². The summed E-state index contributed by atoms with van der Waals surface area (Å²) in [5.41, 5.74) is 13.3. The van der Waals surface area contributed by atoms with Crippen LogP contribution in [0.3, 0.4) is 0 Å². The van der Waals surface area contributed by atoms with Gasteiger partial charge in [-0.1, -0.05) is 6.42 Å². The van der Waals surface area contributed by atoms with Crippen molar-refractivity contribution in [2.24, 2.45) is 5.73 Å². The molecule has 0 radical (unpaired) electrons.